The van der Waals surface area contributed by atoms with E-state index in [1.54, 1.807) is 0 Å². The van der Waals surface area contributed by atoms with Crippen LogP contribution in [0.3, 0.4) is 0 Å². The van der Waals surface area contributed by atoms with Crippen LogP contribution in [0.1, 0.15) is 27.7 Å². The second-order valence-electron chi connectivity index (χ2n) is 5.60. The number of carbonyl (C=O) groups is 4. The molecule has 0 aliphatic rings. The minimum atomic E-state index is -0.405. The zero-order valence-electron chi connectivity index (χ0n) is 15.7. The van der Waals surface area contributed by atoms with Crippen LogP contribution in [0.15, 0.2) is 0 Å². The van der Waals surface area contributed by atoms with E-state index < -0.39 is 23.9 Å². The number of quaternary nitrogens is 1. The molecule has 0 radical (unpaired) electrons. The van der Waals surface area contributed by atoms with Gasteiger partial charge in [0.2, 0.25) is 0 Å². The molecule has 9 nitrogen and oxygen atoms in total. The molecule has 0 aliphatic heterocycles. The van der Waals surface area contributed by atoms with Gasteiger partial charge in [-0.25, -0.2) is 0 Å². The molecule has 0 bridgehead atoms. The number of hydrogen-bond acceptors (Lipinski definition) is 8. The average molecular weight is 442 g/mol. The molecule has 0 atom stereocenters. The lowest BCUT2D eigenvalue weighted by atomic mass is 10.3. The molecule has 0 N–H and O–H groups in total. The van der Waals surface area contributed by atoms with E-state index in [0.29, 0.717) is 30.7 Å². The lowest BCUT2D eigenvalue weighted by Gasteiger charge is -2.37. The number of ether oxygens (including phenoxy) is 4. The molecule has 26 heavy (non-hydrogen) atoms. The highest BCUT2D eigenvalue weighted by Crippen LogP contribution is 2.08. The van der Waals surface area contributed by atoms with Crippen LogP contribution >= 0.6 is 0 Å². The Balaban J connectivity index is 0. The molecule has 152 valence electrons. The first-order valence-corrected chi connectivity index (χ1v) is 8.05. The van der Waals surface area contributed by atoms with E-state index >= 15 is 0 Å². The highest BCUT2D eigenvalue weighted by atomic mass is 79.9. The van der Waals surface area contributed by atoms with Crippen molar-refractivity contribution >= 4 is 23.9 Å². The summed E-state index contributed by atoms with van der Waals surface area (Å²) >= 11 is 0. The molecular weight excluding hydrogens is 414 g/mol. The Morgan fingerprint density at radius 2 is 0.731 bits per heavy atom. The van der Waals surface area contributed by atoms with Gasteiger partial charge in [-0.1, -0.05) is 0 Å². The number of rotatable bonds is 12. The van der Waals surface area contributed by atoms with Crippen LogP contribution in [-0.2, 0) is 38.1 Å². The largest absolute Gasteiger partial charge is 1.00 e. The fourth-order valence-corrected chi connectivity index (χ4v) is 2.20. The van der Waals surface area contributed by atoms with Crippen molar-refractivity contribution in [2.45, 2.75) is 27.7 Å². The number of halogens is 1. The molecule has 0 unspecified atom stereocenters. The molecule has 0 aliphatic carbocycles. The zero-order valence-corrected chi connectivity index (χ0v) is 17.3. The van der Waals surface area contributed by atoms with Crippen molar-refractivity contribution < 1.29 is 59.6 Å². The van der Waals surface area contributed by atoms with E-state index in [4.69, 9.17) is 18.9 Å². The zero-order chi connectivity index (χ0) is 19.3. The molecule has 0 fully saturated rings. The molecule has 0 heterocycles. The summed E-state index contributed by atoms with van der Waals surface area (Å²) in [6.45, 7) is 7.46. The Morgan fingerprint density at radius 3 is 0.885 bits per heavy atom. The van der Waals surface area contributed by atoms with E-state index in [1.165, 1.54) is 27.7 Å². The molecule has 0 aromatic carbocycles. The maximum atomic E-state index is 11.0. The van der Waals surface area contributed by atoms with E-state index in [1.807, 2.05) is 0 Å². The average Bonchev–Trinajstić information content (AvgIpc) is 2.45. The third-order valence-electron chi connectivity index (χ3n) is 3.48. The molecule has 0 aromatic heterocycles. The summed E-state index contributed by atoms with van der Waals surface area (Å²) in [6.07, 6.45) is 0. The summed E-state index contributed by atoms with van der Waals surface area (Å²) in [5.74, 6) is -1.62. The Kier molecular flexibility index (Phi) is 14.8. The number of nitrogens with zero attached hydrogens (tertiary/aromatic N) is 1. The maximum absolute atomic E-state index is 11.0. The monoisotopic (exact) mass is 441 g/mol. The fraction of sp³-hybridized carbons (Fsp3) is 0.750. The summed E-state index contributed by atoms with van der Waals surface area (Å²) in [5, 5.41) is 0. The minimum absolute atomic E-state index is 0. The second-order valence-corrected chi connectivity index (χ2v) is 5.60. The van der Waals surface area contributed by atoms with Crippen LogP contribution in [0.2, 0.25) is 0 Å². The normalized spacial score (nSPS) is 10.3. The summed E-state index contributed by atoms with van der Waals surface area (Å²) in [7, 11) is 0. The molecule has 0 amide bonds. The summed E-state index contributed by atoms with van der Waals surface area (Å²) < 4.78 is 20.3. The molecule has 10 heteroatoms. The second kappa shape index (κ2) is 14.5. The quantitative estimate of drug-likeness (QED) is 0.180. The lowest BCUT2D eigenvalue weighted by Crippen LogP contribution is -3.00. The Bertz CT molecular complexity index is 384. The van der Waals surface area contributed by atoms with Gasteiger partial charge in [-0.05, 0) is 0 Å². The van der Waals surface area contributed by atoms with Gasteiger partial charge in [-0.3, -0.25) is 19.2 Å². The van der Waals surface area contributed by atoms with Crippen molar-refractivity contribution in [3.63, 3.8) is 0 Å². The third kappa shape index (κ3) is 14.6. The van der Waals surface area contributed by atoms with Gasteiger partial charge in [0.05, 0.1) is 0 Å². The number of hydrogen-bond donors (Lipinski definition) is 0. The van der Waals surface area contributed by atoms with Crippen molar-refractivity contribution in [2.24, 2.45) is 0 Å². The fourth-order valence-electron chi connectivity index (χ4n) is 2.20. The van der Waals surface area contributed by atoms with Crippen molar-refractivity contribution in [2.75, 3.05) is 52.6 Å². The molecule has 0 saturated carbocycles. The Morgan fingerprint density at radius 1 is 0.538 bits per heavy atom. The van der Waals surface area contributed by atoms with Crippen LogP contribution in [0.5, 0.6) is 0 Å². The van der Waals surface area contributed by atoms with Crippen molar-refractivity contribution in [3.05, 3.63) is 0 Å². The Hall–Kier alpha value is -1.68. The maximum Gasteiger partial charge on any atom is 0.302 e. The van der Waals surface area contributed by atoms with E-state index in [9.17, 15) is 19.2 Å². The number of esters is 4. The standard InChI is InChI=1S/C16H28NO8.BrH/c1-13(18)22-9-5-17(6-10-23-14(2)19,7-11-24-15(3)20)8-12-25-16(4)21;/h5-12H2,1-4H3;1H/q+1;/p-1. The van der Waals surface area contributed by atoms with Gasteiger partial charge in [0.1, 0.15) is 52.6 Å². The van der Waals surface area contributed by atoms with E-state index in [0.717, 1.165) is 0 Å². The SMILES string of the molecule is CC(=O)OCC[N+](CCOC(C)=O)(CCOC(C)=O)CCOC(C)=O.[Br-]. The first-order valence-electron chi connectivity index (χ1n) is 8.05. The first kappa shape index (κ1) is 26.5. The van der Waals surface area contributed by atoms with Crippen molar-refractivity contribution in [1.29, 1.82) is 0 Å². The Labute approximate surface area is 164 Å². The van der Waals surface area contributed by atoms with E-state index in [2.05, 4.69) is 0 Å². The van der Waals surface area contributed by atoms with Crippen LogP contribution < -0.4 is 17.0 Å². The summed E-state index contributed by atoms with van der Waals surface area (Å²) in [5.41, 5.74) is 0. The summed E-state index contributed by atoms with van der Waals surface area (Å²) in [4.78, 5) is 44.0. The predicted octanol–water partition coefficient (Wildman–Crippen LogP) is -2.94. The molecule has 0 spiro atoms. The van der Waals surface area contributed by atoms with Gasteiger partial charge in [0.25, 0.3) is 0 Å². The van der Waals surface area contributed by atoms with Gasteiger partial charge in [0.15, 0.2) is 0 Å². The smallest absolute Gasteiger partial charge is 0.302 e. The van der Waals surface area contributed by atoms with Gasteiger partial charge in [-0.2, -0.15) is 0 Å². The van der Waals surface area contributed by atoms with Gasteiger partial charge < -0.3 is 40.4 Å². The van der Waals surface area contributed by atoms with Gasteiger partial charge in [-0.15, -0.1) is 0 Å². The highest BCUT2D eigenvalue weighted by Gasteiger charge is 2.28. The molecule has 0 aromatic rings. The van der Waals surface area contributed by atoms with Crippen LogP contribution in [-0.4, -0.2) is 81.0 Å². The van der Waals surface area contributed by atoms with Crippen LogP contribution in [0, 0.1) is 0 Å². The van der Waals surface area contributed by atoms with Gasteiger partial charge in [0, 0.05) is 27.7 Å². The minimum Gasteiger partial charge on any atom is -1.00 e. The van der Waals surface area contributed by atoms with Gasteiger partial charge >= 0.3 is 23.9 Å². The molecule has 0 rings (SSSR count). The van der Waals surface area contributed by atoms with E-state index in [-0.39, 0.29) is 43.4 Å². The predicted molar refractivity (Wildman–Crippen MR) is 86.3 cm³/mol. The highest BCUT2D eigenvalue weighted by molar-refractivity contribution is 5.66. The topological polar surface area (TPSA) is 105 Å². The van der Waals surface area contributed by atoms with Crippen LogP contribution in [0.4, 0.5) is 0 Å². The van der Waals surface area contributed by atoms with Crippen molar-refractivity contribution in [3.8, 4) is 0 Å². The summed E-state index contributed by atoms with van der Waals surface area (Å²) in [6, 6.07) is 0. The third-order valence-corrected chi connectivity index (χ3v) is 3.48. The molecule has 0 saturated heterocycles. The first-order chi connectivity index (χ1) is 11.7. The number of carbonyl (C=O) groups excluding carboxylic acids is 4. The lowest BCUT2D eigenvalue weighted by molar-refractivity contribution is -0.928. The van der Waals surface area contributed by atoms with Crippen LogP contribution in [0.25, 0.3) is 0 Å². The van der Waals surface area contributed by atoms with Crippen molar-refractivity contribution in [1.82, 2.24) is 0 Å². The molecular formula is C16H28BrNO8.